The molecular weight excluding hydrogens is 408 g/mol. The number of hydrogen-bond donors (Lipinski definition) is 1. The average molecular weight is 441 g/mol. The van der Waals surface area contributed by atoms with Crippen molar-refractivity contribution < 1.29 is 23.8 Å². The molecule has 0 spiro atoms. The zero-order valence-electron chi connectivity index (χ0n) is 18.6. The highest BCUT2D eigenvalue weighted by Gasteiger charge is 2.26. The molecule has 1 N–H and O–H groups in total. The number of para-hydroxylation sites is 1. The minimum Gasteiger partial charge on any atom is -0.457 e. The number of benzene rings is 2. The summed E-state index contributed by atoms with van der Waals surface area (Å²) in [4.78, 5) is 26.0. The van der Waals surface area contributed by atoms with Crippen LogP contribution >= 0.6 is 0 Å². The number of carbonyl (C=O) groups excluding carboxylic acids is 2. The molecule has 0 aliphatic carbocycles. The molecule has 172 valence electrons. The van der Waals surface area contributed by atoms with E-state index in [2.05, 4.69) is 12.2 Å². The number of likely N-dealkylation sites (tertiary alicyclic amines) is 1. The fraction of sp³-hybridized carbons (Fsp3) is 0.440. The summed E-state index contributed by atoms with van der Waals surface area (Å²) < 4.78 is 16.7. The third-order valence-electron chi connectivity index (χ3n) is 5.28. The Morgan fingerprint density at radius 3 is 2.25 bits per heavy atom. The van der Waals surface area contributed by atoms with E-state index >= 15 is 0 Å². The minimum absolute atomic E-state index is 0.177. The van der Waals surface area contributed by atoms with Crippen molar-refractivity contribution in [3.63, 3.8) is 0 Å². The van der Waals surface area contributed by atoms with Gasteiger partial charge >= 0.3 is 12.2 Å². The van der Waals surface area contributed by atoms with Crippen molar-refractivity contribution in [2.75, 3.05) is 19.6 Å². The van der Waals surface area contributed by atoms with Gasteiger partial charge in [-0.1, -0.05) is 44.4 Å². The van der Waals surface area contributed by atoms with Crippen LogP contribution in [0.5, 0.6) is 17.2 Å². The van der Waals surface area contributed by atoms with E-state index in [0.29, 0.717) is 44.0 Å². The quantitative estimate of drug-likeness (QED) is 0.503. The molecule has 7 heteroatoms. The highest BCUT2D eigenvalue weighted by atomic mass is 16.6. The first kappa shape index (κ1) is 23.4. The molecule has 1 saturated heterocycles. The number of carbonyl (C=O) groups is 2. The van der Waals surface area contributed by atoms with Gasteiger partial charge in [0.05, 0.1) is 0 Å². The summed E-state index contributed by atoms with van der Waals surface area (Å²) in [5, 5.41) is 2.80. The highest BCUT2D eigenvalue weighted by molar-refractivity contribution is 5.71. The number of nitrogens with one attached hydrogen (secondary N) is 1. The van der Waals surface area contributed by atoms with E-state index in [1.807, 2.05) is 30.3 Å². The maximum Gasteiger partial charge on any atom is 0.415 e. The van der Waals surface area contributed by atoms with Crippen LogP contribution in [-0.2, 0) is 4.74 Å². The average Bonchev–Trinajstić information content (AvgIpc) is 2.81. The lowest BCUT2D eigenvalue weighted by Crippen LogP contribution is -2.43. The van der Waals surface area contributed by atoms with Crippen LogP contribution in [0.2, 0.25) is 0 Å². The van der Waals surface area contributed by atoms with Gasteiger partial charge in [0.1, 0.15) is 23.4 Å². The van der Waals surface area contributed by atoms with Crippen LogP contribution in [-0.4, -0.2) is 42.8 Å². The second kappa shape index (κ2) is 12.6. The Morgan fingerprint density at radius 1 is 0.906 bits per heavy atom. The van der Waals surface area contributed by atoms with Gasteiger partial charge in [0.2, 0.25) is 0 Å². The van der Waals surface area contributed by atoms with Gasteiger partial charge in [-0.2, -0.15) is 0 Å². The van der Waals surface area contributed by atoms with Crippen molar-refractivity contribution in [2.24, 2.45) is 0 Å². The van der Waals surface area contributed by atoms with E-state index < -0.39 is 6.09 Å². The topological polar surface area (TPSA) is 77.1 Å². The summed E-state index contributed by atoms with van der Waals surface area (Å²) in [7, 11) is 0. The Hall–Kier alpha value is -3.22. The van der Waals surface area contributed by atoms with Crippen LogP contribution in [0.15, 0.2) is 54.6 Å². The van der Waals surface area contributed by atoms with E-state index in [-0.39, 0.29) is 12.2 Å². The number of hydrogen-bond acceptors (Lipinski definition) is 5. The van der Waals surface area contributed by atoms with E-state index in [4.69, 9.17) is 14.2 Å². The zero-order valence-corrected chi connectivity index (χ0v) is 18.6. The Kier molecular flexibility index (Phi) is 9.22. The maximum atomic E-state index is 12.5. The molecule has 1 aliphatic heterocycles. The fourth-order valence-corrected chi connectivity index (χ4v) is 3.46. The van der Waals surface area contributed by atoms with Crippen LogP contribution < -0.4 is 14.8 Å². The van der Waals surface area contributed by atoms with Crippen molar-refractivity contribution in [3.05, 3.63) is 54.6 Å². The first-order valence-corrected chi connectivity index (χ1v) is 11.4. The van der Waals surface area contributed by atoms with Gasteiger partial charge in [-0.15, -0.1) is 0 Å². The lowest BCUT2D eigenvalue weighted by atomic mass is 10.1. The normalized spacial score (nSPS) is 14.0. The Labute approximate surface area is 189 Å². The summed E-state index contributed by atoms with van der Waals surface area (Å²) >= 11 is 0. The Balaban J connectivity index is 1.36. The van der Waals surface area contributed by atoms with Gasteiger partial charge in [0.15, 0.2) is 0 Å². The molecule has 0 saturated carbocycles. The summed E-state index contributed by atoms with van der Waals surface area (Å²) in [5.74, 6) is 1.86. The predicted molar refractivity (Wildman–Crippen MR) is 122 cm³/mol. The molecule has 0 unspecified atom stereocenters. The highest BCUT2D eigenvalue weighted by Crippen LogP contribution is 2.24. The van der Waals surface area contributed by atoms with Gasteiger partial charge in [0, 0.05) is 32.5 Å². The first-order chi connectivity index (χ1) is 15.6. The molecule has 1 heterocycles. The molecule has 32 heavy (non-hydrogen) atoms. The summed E-state index contributed by atoms with van der Waals surface area (Å²) in [6.07, 6.45) is 4.66. The molecular formula is C25H32N2O5. The van der Waals surface area contributed by atoms with Crippen molar-refractivity contribution in [1.29, 1.82) is 0 Å². The van der Waals surface area contributed by atoms with Crippen molar-refractivity contribution in [2.45, 2.75) is 51.6 Å². The second-order valence-electron chi connectivity index (χ2n) is 7.83. The number of rotatable bonds is 9. The molecule has 2 aromatic rings. The molecule has 1 aliphatic rings. The molecule has 0 atom stereocenters. The second-order valence-corrected chi connectivity index (χ2v) is 7.83. The number of nitrogens with zero attached hydrogens (tertiary/aromatic N) is 1. The fourth-order valence-electron chi connectivity index (χ4n) is 3.46. The third kappa shape index (κ3) is 7.80. The summed E-state index contributed by atoms with van der Waals surface area (Å²) in [6, 6.07) is 16.4. The molecule has 1 fully saturated rings. The van der Waals surface area contributed by atoms with Gasteiger partial charge in [-0.3, -0.25) is 0 Å². The van der Waals surface area contributed by atoms with Crippen LogP contribution in [0.25, 0.3) is 0 Å². The number of amides is 2. The Morgan fingerprint density at radius 2 is 1.56 bits per heavy atom. The first-order valence-electron chi connectivity index (χ1n) is 11.4. The van der Waals surface area contributed by atoms with E-state index in [0.717, 1.165) is 18.6 Å². The van der Waals surface area contributed by atoms with Gasteiger partial charge in [-0.25, -0.2) is 9.59 Å². The monoisotopic (exact) mass is 440 g/mol. The standard InChI is InChI=1S/C25H32N2O5/c1-2-3-4-8-17-26-24(28)31-23-15-18-27(19-16-23)25(29)32-22-13-11-21(12-14-22)30-20-9-6-5-7-10-20/h5-7,9-14,23H,2-4,8,15-19H2,1H3,(H,26,28). The van der Waals surface area contributed by atoms with Crippen molar-refractivity contribution >= 4 is 12.2 Å². The number of piperidine rings is 1. The van der Waals surface area contributed by atoms with E-state index in [9.17, 15) is 9.59 Å². The number of unbranched alkanes of at least 4 members (excludes halogenated alkanes) is 3. The van der Waals surface area contributed by atoms with Crippen molar-refractivity contribution in [1.82, 2.24) is 10.2 Å². The lowest BCUT2D eigenvalue weighted by Gasteiger charge is -2.30. The SMILES string of the molecule is CCCCCCNC(=O)OC1CCN(C(=O)Oc2ccc(Oc3ccccc3)cc2)CC1. The minimum atomic E-state index is -0.402. The number of ether oxygens (including phenoxy) is 3. The van der Waals surface area contributed by atoms with E-state index in [1.165, 1.54) is 12.8 Å². The van der Waals surface area contributed by atoms with E-state index in [1.54, 1.807) is 29.2 Å². The molecule has 7 nitrogen and oxygen atoms in total. The smallest absolute Gasteiger partial charge is 0.415 e. The molecule has 0 aromatic heterocycles. The van der Waals surface area contributed by atoms with Gasteiger partial charge in [-0.05, 0) is 42.8 Å². The summed E-state index contributed by atoms with van der Waals surface area (Å²) in [6.45, 7) is 3.77. The summed E-state index contributed by atoms with van der Waals surface area (Å²) in [5.41, 5.74) is 0. The lowest BCUT2D eigenvalue weighted by molar-refractivity contribution is 0.0525. The largest absolute Gasteiger partial charge is 0.457 e. The van der Waals surface area contributed by atoms with Crippen LogP contribution in [0.4, 0.5) is 9.59 Å². The third-order valence-corrected chi connectivity index (χ3v) is 5.28. The zero-order chi connectivity index (χ0) is 22.6. The molecule has 3 rings (SSSR count). The molecule has 2 amide bonds. The Bertz CT molecular complexity index is 833. The van der Waals surface area contributed by atoms with Crippen LogP contribution in [0.3, 0.4) is 0 Å². The van der Waals surface area contributed by atoms with Crippen LogP contribution in [0, 0.1) is 0 Å². The molecule has 2 aromatic carbocycles. The number of alkyl carbamates (subject to hydrolysis) is 1. The van der Waals surface area contributed by atoms with Crippen molar-refractivity contribution in [3.8, 4) is 17.2 Å². The predicted octanol–water partition coefficient (Wildman–Crippen LogP) is 5.75. The van der Waals surface area contributed by atoms with Gasteiger partial charge in [0.25, 0.3) is 0 Å². The molecule has 0 bridgehead atoms. The van der Waals surface area contributed by atoms with Crippen LogP contribution in [0.1, 0.15) is 45.4 Å². The maximum absolute atomic E-state index is 12.5. The van der Waals surface area contributed by atoms with Gasteiger partial charge < -0.3 is 24.4 Å². The molecule has 0 radical (unpaired) electrons.